The van der Waals surface area contributed by atoms with Crippen LogP contribution in [0.15, 0.2) is 34.9 Å². The minimum atomic E-state index is 0.932. The largest absolute Gasteiger partial charge is 0.354 e. The predicted molar refractivity (Wildman–Crippen MR) is 66.8 cm³/mol. The van der Waals surface area contributed by atoms with Crippen LogP contribution in [0.1, 0.15) is 9.75 Å². The summed E-state index contributed by atoms with van der Waals surface area (Å²) >= 11 is 1.76. The van der Waals surface area contributed by atoms with E-state index in [1.165, 1.54) is 9.75 Å². The maximum Gasteiger partial charge on any atom is 0.181 e. The Hall–Kier alpha value is -1.61. The van der Waals surface area contributed by atoms with Crippen molar-refractivity contribution >= 4 is 22.3 Å². The van der Waals surface area contributed by atoms with Crippen LogP contribution in [0, 0.1) is 13.8 Å². The molecule has 0 aliphatic heterocycles. The van der Waals surface area contributed by atoms with Gasteiger partial charge >= 0.3 is 0 Å². The first kappa shape index (κ1) is 9.60. The van der Waals surface area contributed by atoms with Gasteiger partial charge in [-0.3, -0.25) is 0 Å². The van der Waals surface area contributed by atoms with Crippen LogP contribution in [-0.2, 0) is 0 Å². The van der Waals surface area contributed by atoms with Crippen molar-refractivity contribution in [1.29, 1.82) is 0 Å². The standard InChI is InChI=1S/C13H11NOS/c1-8-11-12(10-6-4-3-5-7-10)14-15-13(11)9(2)16-8/h3-7H,1-2H3. The number of aromatic nitrogens is 1. The van der Waals surface area contributed by atoms with E-state index in [0.717, 1.165) is 22.2 Å². The molecule has 0 fully saturated rings. The first-order valence-corrected chi connectivity index (χ1v) is 6.00. The molecule has 80 valence electrons. The zero-order valence-electron chi connectivity index (χ0n) is 9.15. The van der Waals surface area contributed by atoms with Crippen LogP contribution < -0.4 is 0 Å². The van der Waals surface area contributed by atoms with Crippen molar-refractivity contribution in [1.82, 2.24) is 5.16 Å². The van der Waals surface area contributed by atoms with E-state index >= 15 is 0 Å². The Morgan fingerprint density at radius 2 is 1.81 bits per heavy atom. The number of hydrogen-bond acceptors (Lipinski definition) is 3. The minimum Gasteiger partial charge on any atom is -0.354 e. The molecule has 3 rings (SSSR count). The monoisotopic (exact) mass is 229 g/mol. The summed E-state index contributed by atoms with van der Waals surface area (Å²) < 4.78 is 5.42. The molecule has 0 unspecified atom stereocenters. The predicted octanol–water partition coefficient (Wildman–Crippen LogP) is 4.17. The molecular formula is C13H11NOS. The quantitative estimate of drug-likeness (QED) is 0.625. The van der Waals surface area contributed by atoms with Gasteiger partial charge in [0.2, 0.25) is 0 Å². The second-order valence-electron chi connectivity index (χ2n) is 3.82. The number of hydrogen-bond donors (Lipinski definition) is 0. The van der Waals surface area contributed by atoms with Crippen LogP contribution in [0.2, 0.25) is 0 Å². The van der Waals surface area contributed by atoms with E-state index in [9.17, 15) is 0 Å². The van der Waals surface area contributed by atoms with Crippen molar-refractivity contribution in [3.05, 3.63) is 40.1 Å². The van der Waals surface area contributed by atoms with Gasteiger partial charge in [-0.05, 0) is 13.8 Å². The average molecular weight is 229 g/mol. The highest BCUT2D eigenvalue weighted by atomic mass is 32.1. The summed E-state index contributed by atoms with van der Waals surface area (Å²) in [5, 5.41) is 5.34. The molecule has 0 atom stereocenters. The molecular weight excluding hydrogens is 218 g/mol. The van der Waals surface area contributed by atoms with Crippen molar-refractivity contribution in [3.63, 3.8) is 0 Å². The van der Waals surface area contributed by atoms with E-state index in [-0.39, 0.29) is 0 Å². The molecule has 0 aliphatic carbocycles. The second kappa shape index (κ2) is 3.46. The van der Waals surface area contributed by atoms with Crippen molar-refractivity contribution in [2.45, 2.75) is 13.8 Å². The summed E-state index contributed by atoms with van der Waals surface area (Å²) in [6.07, 6.45) is 0. The summed E-state index contributed by atoms with van der Waals surface area (Å²) in [4.78, 5) is 2.47. The number of thiophene rings is 1. The molecule has 3 aromatic rings. The Bertz CT molecular complexity index is 637. The Morgan fingerprint density at radius 3 is 2.56 bits per heavy atom. The maximum atomic E-state index is 5.42. The van der Waals surface area contributed by atoms with E-state index in [0.29, 0.717) is 0 Å². The topological polar surface area (TPSA) is 26.0 Å². The lowest BCUT2D eigenvalue weighted by Crippen LogP contribution is -1.76. The maximum absolute atomic E-state index is 5.42. The Balaban J connectivity index is 2.33. The summed E-state index contributed by atoms with van der Waals surface area (Å²) in [6, 6.07) is 10.2. The molecule has 2 aromatic heterocycles. The van der Waals surface area contributed by atoms with Crippen LogP contribution in [0.5, 0.6) is 0 Å². The molecule has 0 amide bonds. The fourth-order valence-electron chi connectivity index (χ4n) is 1.98. The zero-order valence-corrected chi connectivity index (χ0v) is 9.97. The van der Waals surface area contributed by atoms with Crippen molar-refractivity contribution in [2.75, 3.05) is 0 Å². The number of rotatable bonds is 1. The first-order valence-electron chi connectivity index (χ1n) is 5.18. The molecule has 0 spiro atoms. The van der Waals surface area contributed by atoms with Crippen LogP contribution in [0.3, 0.4) is 0 Å². The lowest BCUT2D eigenvalue weighted by Gasteiger charge is -1.94. The lowest BCUT2D eigenvalue weighted by atomic mass is 10.1. The normalized spacial score (nSPS) is 11.1. The van der Waals surface area contributed by atoms with Gasteiger partial charge < -0.3 is 4.52 Å². The summed E-state index contributed by atoms with van der Waals surface area (Å²) in [6.45, 7) is 4.18. The molecule has 0 N–H and O–H groups in total. The number of benzene rings is 1. The third-order valence-corrected chi connectivity index (χ3v) is 3.72. The Kier molecular flexibility index (Phi) is 2.07. The summed E-state index contributed by atoms with van der Waals surface area (Å²) in [7, 11) is 0. The average Bonchev–Trinajstić information content (AvgIpc) is 2.84. The number of aryl methyl sites for hydroxylation is 2. The molecule has 0 saturated heterocycles. The molecule has 0 bridgehead atoms. The van der Waals surface area contributed by atoms with E-state index in [1.807, 2.05) is 18.2 Å². The van der Waals surface area contributed by atoms with E-state index in [4.69, 9.17) is 4.52 Å². The van der Waals surface area contributed by atoms with Crippen LogP contribution in [-0.4, -0.2) is 5.16 Å². The van der Waals surface area contributed by atoms with Crippen LogP contribution in [0.4, 0.5) is 0 Å². The third-order valence-electron chi connectivity index (χ3n) is 2.72. The number of nitrogens with zero attached hydrogens (tertiary/aromatic N) is 1. The van der Waals surface area contributed by atoms with Gasteiger partial charge in [-0.1, -0.05) is 35.5 Å². The van der Waals surface area contributed by atoms with Gasteiger partial charge in [-0.25, -0.2) is 0 Å². The van der Waals surface area contributed by atoms with E-state index in [1.54, 1.807) is 11.3 Å². The van der Waals surface area contributed by atoms with Gasteiger partial charge in [0, 0.05) is 15.3 Å². The van der Waals surface area contributed by atoms with Crippen molar-refractivity contribution < 1.29 is 4.52 Å². The van der Waals surface area contributed by atoms with Gasteiger partial charge in [0.25, 0.3) is 0 Å². The highest BCUT2D eigenvalue weighted by Gasteiger charge is 2.16. The highest BCUT2D eigenvalue weighted by molar-refractivity contribution is 7.13. The molecule has 2 heterocycles. The molecule has 0 aliphatic rings. The second-order valence-corrected chi connectivity index (χ2v) is 5.24. The minimum absolute atomic E-state index is 0.932. The SMILES string of the molecule is Cc1sc(C)c2c(-c3ccccc3)noc12. The summed E-state index contributed by atoms with van der Waals surface area (Å²) in [5.41, 5.74) is 3.00. The van der Waals surface area contributed by atoms with Gasteiger partial charge in [0.15, 0.2) is 5.58 Å². The number of fused-ring (bicyclic) bond motifs is 1. The Morgan fingerprint density at radius 1 is 1.06 bits per heavy atom. The van der Waals surface area contributed by atoms with Crippen molar-refractivity contribution in [2.24, 2.45) is 0 Å². The van der Waals surface area contributed by atoms with Crippen LogP contribution >= 0.6 is 11.3 Å². The van der Waals surface area contributed by atoms with Gasteiger partial charge in [0.05, 0.1) is 5.39 Å². The highest BCUT2D eigenvalue weighted by Crippen LogP contribution is 2.36. The molecule has 2 nitrogen and oxygen atoms in total. The molecule has 3 heteroatoms. The lowest BCUT2D eigenvalue weighted by molar-refractivity contribution is 0.459. The van der Waals surface area contributed by atoms with Crippen LogP contribution in [0.25, 0.3) is 22.2 Å². The molecule has 0 saturated carbocycles. The molecule has 0 radical (unpaired) electrons. The van der Waals surface area contributed by atoms with Crippen molar-refractivity contribution in [3.8, 4) is 11.3 Å². The zero-order chi connectivity index (χ0) is 11.1. The fraction of sp³-hybridized carbons (Fsp3) is 0.154. The van der Waals surface area contributed by atoms with E-state index in [2.05, 4.69) is 31.1 Å². The van der Waals surface area contributed by atoms with Gasteiger partial charge in [-0.15, -0.1) is 11.3 Å². The van der Waals surface area contributed by atoms with Gasteiger partial charge in [-0.2, -0.15) is 0 Å². The first-order chi connectivity index (χ1) is 7.77. The molecule has 1 aromatic carbocycles. The Labute approximate surface area is 97.5 Å². The van der Waals surface area contributed by atoms with Gasteiger partial charge in [0.1, 0.15) is 5.69 Å². The van der Waals surface area contributed by atoms with E-state index < -0.39 is 0 Å². The fourth-order valence-corrected chi connectivity index (χ4v) is 2.96. The summed E-state index contributed by atoms with van der Waals surface area (Å²) in [5.74, 6) is 0. The smallest absolute Gasteiger partial charge is 0.181 e. The molecule has 16 heavy (non-hydrogen) atoms. The third kappa shape index (κ3) is 1.28.